The number of ether oxygens (including phenoxy) is 2. The number of nitrogens with one attached hydrogen (secondary N) is 1. The van der Waals surface area contributed by atoms with Crippen LogP contribution in [0.25, 0.3) is 0 Å². The van der Waals surface area contributed by atoms with Gasteiger partial charge in [0.2, 0.25) is 0 Å². The van der Waals surface area contributed by atoms with Crippen molar-refractivity contribution in [3.63, 3.8) is 0 Å². The third kappa shape index (κ3) is 4.69. The Morgan fingerprint density at radius 1 is 1.23 bits per heavy atom. The number of carbonyl (C=O) groups excluding carboxylic acids is 2. The molecule has 0 spiro atoms. The highest BCUT2D eigenvalue weighted by Gasteiger charge is 2.30. The molecule has 0 saturated heterocycles. The van der Waals surface area contributed by atoms with E-state index in [1.54, 1.807) is 0 Å². The quantitative estimate of drug-likeness (QED) is 0.594. The topological polar surface area (TPSA) is 64.6 Å². The Labute approximate surface area is 182 Å². The molecular weight excluding hydrogens is 398 g/mol. The first kappa shape index (κ1) is 22.3. The summed E-state index contributed by atoms with van der Waals surface area (Å²) in [6.45, 7) is 8.17. The zero-order chi connectivity index (χ0) is 21.8. The molecule has 162 valence electrons. The van der Waals surface area contributed by atoms with Crippen LogP contribution in [0.3, 0.4) is 0 Å². The second-order valence-electron chi connectivity index (χ2n) is 7.97. The molecule has 2 atom stereocenters. The van der Waals surface area contributed by atoms with Gasteiger partial charge in [0.15, 0.2) is 6.10 Å². The van der Waals surface area contributed by atoms with Crippen molar-refractivity contribution in [2.75, 3.05) is 12.4 Å². The van der Waals surface area contributed by atoms with E-state index in [0.29, 0.717) is 28.7 Å². The Bertz CT molecular complexity index is 934. The van der Waals surface area contributed by atoms with Crippen LogP contribution < -0.4 is 10.1 Å². The predicted molar refractivity (Wildman–Crippen MR) is 121 cm³/mol. The molecule has 0 saturated carbocycles. The summed E-state index contributed by atoms with van der Waals surface area (Å²) in [6.07, 6.45) is 3.86. The standard InChI is InChI=1S/C24H31NO4S/c1-6-16-9-11-18-20(13-16)30-23(21(18)24(27)28-5)25-22(26)19(7-2)29-17-10-8-14(3)15(4)12-17/h8,10,12,16,19H,6-7,9,11,13H2,1-5H3,(H,25,26)/t16-,19+/m1/s1. The fourth-order valence-corrected chi connectivity index (χ4v) is 5.23. The highest BCUT2D eigenvalue weighted by Crippen LogP contribution is 2.41. The van der Waals surface area contributed by atoms with Gasteiger partial charge in [0.1, 0.15) is 10.8 Å². The molecule has 1 aromatic heterocycles. The lowest BCUT2D eigenvalue weighted by atomic mass is 9.85. The molecule has 1 heterocycles. The van der Waals surface area contributed by atoms with E-state index in [1.807, 2.05) is 39.0 Å². The van der Waals surface area contributed by atoms with Gasteiger partial charge in [0.05, 0.1) is 12.7 Å². The summed E-state index contributed by atoms with van der Waals surface area (Å²) in [4.78, 5) is 26.7. The van der Waals surface area contributed by atoms with E-state index in [0.717, 1.165) is 36.8 Å². The van der Waals surface area contributed by atoms with Gasteiger partial charge < -0.3 is 14.8 Å². The molecule has 6 heteroatoms. The Morgan fingerprint density at radius 3 is 2.63 bits per heavy atom. The first-order valence-electron chi connectivity index (χ1n) is 10.6. The van der Waals surface area contributed by atoms with Crippen LogP contribution in [-0.2, 0) is 22.4 Å². The number of fused-ring (bicyclic) bond motifs is 1. The minimum atomic E-state index is -0.639. The van der Waals surface area contributed by atoms with Crippen molar-refractivity contribution >= 4 is 28.2 Å². The van der Waals surface area contributed by atoms with Gasteiger partial charge in [-0.15, -0.1) is 11.3 Å². The molecule has 1 aromatic carbocycles. The van der Waals surface area contributed by atoms with Crippen molar-refractivity contribution in [2.45, 2.75) is 65.9 Å². The molecule has 5 nitrogen and oxygen atoms in total. The van der Waals surface area contributed by atoms with Crippen molar-refractivity contribution in [3.8, 4) is 5.75 Å². The molecule has 3 rings (SSSR count). The van der Waals surface area contributed by atoms with Crippen LogP contribution in [0.4, 0.5) is 5.00 Å². The molecule has 1 N–H and O–H groups in total. The van der Waals surface area contributed by atoms with Gasteiger partial charge in [0.25, 0.3) is 5.91 Å². The average Bonchev–Trinajstić information content (AvgIpc) is 3.10. The molecule has 1 amide bonds. The van der Waals surface area contributed by atoms with E-state index in [9.17, 15) is 9.59 Å². The number of aryl methyl sites for hydroxylation is 2. The normalized spacial score (nSPS) is 16.5. The van der Waals surface area contributed by atoms with Crippen LogP contribution in [0.15, 0.2) is 18.2 Å². The third-order valence-corrected chi connectivity index (χ3v) is 7.16. The number of amides is 1. The number of methoxy groups -OCH3 is 1. The fraction of sp³-hybridized carbons (Fsp3) is 0.500. The number of thiophene rings is 1. The minimum Gasteiger partial charge on any atom is -0.481 e. The highest BCUT2D eigenvalue weighted by molar-refractivity contribution is 7.17. The predicted octanol–water partition coefficient (Wildman–Crippen LogP) is 5.46. The van der Waals surface area contributed by atoms with Gasteiger partial charge >= 0.3 is 5.97 Å². The van der Waals surface area contributed by atoms with Gasteiger partial charge in [-0.25, -0.2) is 4.79 Å². The molecule has 30 heavy (non-hydrogen) atoms. The molecule has 0 aliphatic heterocycles. The van der Waals surface area contributed by atoms with Gasteiger partial charge in [-0.3, -0.25) is 4.79 Å². The molecule has 2 aromatic rings. The summed E-state index contributed by atoms with van der Waals surface area (Å²) >= 11 is 1.50. The lowest BCUT2D eigenvalue weighted by Gasteiger charge is -2.20. The van der Waals surface area contributed by atoms with E-state index in [-0.39, 0.29) is 11.9 Å². The zero-order valence-electron chi connectivity index (χ0n) is 18.5. The Balaban J connectivity index is 1.83. The summed E-state index contributed by atoms with van der Waals surface area (Å²) in [5.74, 6) is 0.665. The zero-order valence-corrected chi connectivity index (χ0v) is 19.3. The Hall–Kier alpha value is -2.34. The van der Waals surface area contributed by atoms with Crippen molar-refractivity contribution in [2.24, 2.45) is 5.92 Å². The van der Waals surface area contributed by atoms with Crippen LogP contribution in [0.1, 0.15) is 65.0 Å². The summed E-state index contributed by atoms with van der Waals surface area (Å²) in [7, 11) is 1.38. The van der Waals surface area contributed by atoms with Crippen LogP contribution >= 0.6 is 11.3 Å². The lowest BCUT2D eigenvalue weighted by Crippen LogP contribution is -2.32. The summed E-state index contributed by atoms with van der Waals surface area (Å²) in [6, 6.07) is 5.81. The van der Waals surface area contributed by atoms with E-state index >= 15 is 0 Å². The summed E-state index contributed by atoms with van der Waals surface area (Å²) in [5.41, 5.74) is 3.85. The van der Waals surface area contributed by atoms with E-state index in [1.165, 1.54) is 28.9 Å². The van der Waals surface area contributed by atoms with Gasteiger partial charge in [-0.1, -0.05) is 26.3 Å². The van der Waals surface area contributed by atoms with Crippen LogP contribution in [0.2, 0.25) is 0 Å². The second kappa shape index (κ2) is 9.65. The second-order valence-corrected chi connectivity index (χ2v) is 9.07. The van der Waals surface area contributed by atoms with Crippen molar-refractivity contribution in [1.29, 1.82) is 0 Å². The van der Waals surface area contributed by atoms with E-state index < -0.39 is 6.10 Å². The number of hydrogen-bond acceptors (Lipinski definition) is 5. The number of hydrogen-bond donors (Lipinski definition) is 1. The van der Waals surface area contributed by atoms with Crippen molar-refractivity contribution in [3.05, 3.63) is 45.3 Å². The lowest BCUT2D eigenvalue weighted by molar-refractivity contribution is -0.122. The maximum Gasteiger partial charge on any atom is 0.341 e. The smallest absolute Gasteiger partial charge is 0.341 e. The van der Waals surface area contributed by atoms with Crippen LogP contribution in [0.5, 0.6) is 5.75 Å². The van der Waals surface area contributed by atoms with Gasteiger partial charge in [0, 0.05) is 4.88 Å². The molecule has 0 unspecified atom stereocenters. The molecule has 0 radical (unpaired) electrons. The van der Waals surface area contributed by atoms with Crippen LogP contribution in [-0.4, -0.2) is 25.1 Å². The minimum absolute atomic E-state index is 0.244. The molecule has 0 bridgehead atoms. The monoisotopic (exact) mass is 429 g/mol. The summed E-state index contributed by atoms with van der Waals surface area (Å²) < 4.78 is 11.0. The maximum atomic E-state index is 13.0. The molecule has 0 fully saturated rings. The number of anilines is 1. The van der Waals surface area contributed by atoms with Gasteiger partial charge in [-0.05, 0) is 74.3 Å². The molecular formula is C24H31NO4S. The SMILES string of the molecule is CC[C@@H]1CCc2c(sc(NC(=O)[C@H](CC)Oc3ccc(C)c(C)c3)c2C(=O)OC)C1. The highest BCUT2D eigenvalue weighted by atomic mass is 32.1. The van der Waals surface area contributed by atoms with E-state index in [2.05, 4.69) is 12.2 Å². The van der Waals surface area contributed by atoms with E-state index in [4.69, 9.17) is 9.47 Å². The number of rotatable bonds is 7. The first-order chi connectivity index (χ1) is 14.4. The number of carbonyl (C=O) groups is 2. The fourth-order valence-electron chi connectivity index (χ4n) is 3.87. The Kier molecular flexibility index (Phi) is 7.19. The van der Waals surface area contributed by atoms with Crippen molar-refractivity contribution in [1.82, 2.24) is 0 Å². The van der Waals surface area contributed by atoms with Gasteiger partial charge in [-0.2, -0.15) is 0 Å². The number of benzene rings is 1. The molecule has 1 aliphatic carbocycles. The molecule has 1 aliphatic rings. The summed E-state index contributed by atoms with van der Waals surface area (Å²) in [5, 5.41) is 3.55. The van der Waals surface area contributed by atoms with Crippen LogP contribution in [0, 0.1) is 19.8 Å². The Morgan fingerprint density at radius 2 is 2.00 bits per heavy atom. The first-order valence-corrected chi connectivity index (χ1v) is 11.5. The maximum absolute atomic E-state index is 13.0. The third-order valence-electron chi connectivity index (χ3n) is 5.99. The largest absolute Gasteiger partial charge is 0.481 e. The average molecular weight is 430 g/mol. The number of esters is 1. The van der Waals surface area contributed by atoms with Crippen molar-refractivity contribution < 1.29 is 19.1 Å².